The van der Waals surface area contributed by atoms with Gasteiger partial charge in [-0.05, 0) is 31.2 Å². The SMILES string of the molecule is CNC(CCS(C)(=O)=O)c1ccc(OC)c(OC)c1. The summed E-state index contributed by atoms with van der Waals surface area (Å²) in [5.74, 6) is 1.44. The van der Waals surface area contributed by atoms with E-state index in [1.165, 1.54) is 6.26 Å². The van der Waals surface area contributed by atoms with Crippen molar-refractivity contribution in [2.24, 2.45) is 0 Å². The molecular formula is C13H21NO4S. The fourth-order valence-corrected chi connectivity index (χ4v) is 2.54. The van der Waals surface area contributed by atoms with Crippen LogP contribution in [0.2, 0.25) is 0 Å². The molecule has 1 aromatic rings. The summed E-state index contributed by atoms with van der Waals surface area (Å²) in [6, 6.07) is 5.56. The van der Waals surface area contributed by atoms with Gasteiger partial charge in [-0.25, -0.2) is 8.42 Å². The fourth-order valence-electron chi connectivity index (χ4n) is 1.88. The molecule has 5 nitrogen and oxygen atoms in total. The minimum atomic E-state index is -2.96. The van der Waals surface area contributed by atoms with Crippen molar-refractivity contribution < 1.29 is 17.9 Å². The molecule has 0 amide bonds. The first-order valence-electron chi connectivity index (χ1n) is 5.98. The molecule has 0 heterocycles. The molecule has 1 atom stereocenters. The number of benzene rings is 1. The molecule has 0 radical (unpaired) electrons. The molecule has 0 saturated carbocycles. The summed E-state index contributed by atoms with van der Waals surface area (Å²) >= 11 is 0. The van der Waals surface area contributed by atoms with Gasteiger partial charge in [-0.1, -0.05) is 6.07 Å². The van der Waals surface area contributed by atoms with Crippen LogP contribution in [0.25, 0.3) is 0 Å². The van der Waals surface area contributed by atoms with Gasteiger partial charge in [-0.2, -0.15) is 0 Å². The van der Waals surface area contributed by atoms with Crippen LogP contribution in [-0.2, 0) is 9.84 Å². The number of methoxy groups -OCH3 is 2. The second-order valence-electron chi connectivity index (χ2n) is 4.37. The van der Waals surface area contributed by atoms with Gasteiger partial charge in [0.25, 0.3) is 0 Å². The van der Waals surface area contributed by atoms with Crippen molar-refractivity contribution in [3.05, 3.63) is 23.8 Å². The van der Waals surface area contributed by atoms with E-state index in [1.807, 2.05) is 25.2 Å². The van der Waals surface area contributed by atoms with Crippen LogP contribution in [0, 0.1) is 0 Å². The smallest absolute Gasteiger partial charge is 0.161 e. The highest BCUT2D eigenvalue weighted by molar-refractivity contribution is 7.90. The zero-order chi connectivity index (χ0) is 14.5. The number of hydrogen-bond acceptors (Lipinski definition) is 5. The Hall–Kier alpha value is -1.27. The lowest BCUT2D eigenvalue weighted by Crippen LogP contribution is -2.20. The van der Waals surface area contributed by atoms with Crippen molar-refractivity contribution in [1.82, 2.24) is 5.32 Å². The van der Waals surface area contributed by atoms with Crippen LogP contribution in [0.15, 0.2) is 18.2 Å². The summed E-state index contributed by atoms with van der Waals surface area (Å²) < 4.78 is 32.9. The molecule has 0 fully saturated rings. The molecule has 0 aromatic heterocycles. The van der Waals surface area contributed by atoms with E-state index in [0.29, 0.717) is 17.9 Å². The predicted molar refractivity (Wildman–Crippen MR) is 75.7 cm³/mol. The molecule has 1 rings (SSSR count). The van der Waals surface area contributed by atoms with Crippen LogP contribution in [-0.4, -0.2) is 41.7 Å². The van der Waals surface area contributed by atoms with E-state index in [4.69, 9.17) is 9.47 Å². The van der Waals surface area contributed by atoms with Gasteiger partial charge < -0.3 is 14.8 Å². The van der Waals surface area contributed by atoms with Crippen molar-refractivity contribution >= 4 is 9.84 Å². The zero-order valence-corrected chi connectivity index (χ0v) is 12.6. The van der Waals surface area contributed by atoms with Crippen LogP contribution in [0.1, 0.15) is 18.0 Å². The Morgan fingerprint density at radius 2 is 1.84 bits per heavy atom. The van der Waals surface area contributed by atoms with E-state index in [0.717, 1.165) is 5.56 Å². The molecule has 0 saturated heterocycles. The fraction of sp³-hybridized carbons (Fsp3) is 0.538. The zero-order valence-electron chi connectivity index (χ0n) is 11.8. The summed E-state index contributed by atoms with van der Waals surface area (Å²) in [6.45, 7) is 0. The van der Waals surface area contributed by atoms with Gasteiger partial charge in [0, 0.05) is 12.3 Å². The van der Waals surface area contributed by atoms with Gasteiger partial charge in [0.1, 0.15) is 9.84 Å². The molecule has 108 valence electrons. The third-order valence-electron chi connectivity index (χ3n) is 2.94. The lowest BCUT2D eigenvalue weighted by Gasteiger charge is -2.18. The molecule has 0 bridgehead atoms. The summed E-state index contributed by atoms with van der Waals surface area (Å²) in [4.78, 5) is 0. The molecule has 1 unspecified atom stereocenters. The van der Waals surface area contributed by atoms with Crippen molar-refractivity contribution in [2.75, 3.05) is 33.3 Å². The molecular weight excluding hydrogens is 266 g/mol. The maximum absolute atomic E-state index is 11.2. The largest absolute Gasteiger partial charge is 0.493 e. The molecule has 1 N–H and O–H groups in total. The Balaban J connectivity index is 2.92. The van der Waals surface area contributed by atoms with Crippen LogP contribution < -0.4 is 14.8 Å². The Morgan fingerprint density at radius 1 is 1.21 bits per heavy atom. The first-order chi connectivity index (χ1) is 8.91. The van der Waals surface area contributed by atoms with E-state index < -0.39 is 9.84 Å². The van der Waals surface area contributed by atoms with Gasteiger partial charge >= 0.3 is 0 Å². The Morgan fingerprint density at radius 3 is 2.32 bits per heavy atom. The maximum atomic E-state index is 11.2. The highest BCUT2D eigenvalue weighted by Crippen LogP contribution is 2.30. The lowest BCUT2D eigenvalue weighted by atomic mass is 10.0. The topological polar surface area (TPSA) is 64.6 Å². The molecule has 0 aliphatic heterocycles. The van der Waals surface area contributed by atoms with E-state index in [1.54, 1.807) is 14.2 Å². The van der Waals surface area contributed by atoms with Gasteiger partial charge in [0.15, 0.2) is 11.5 Å². The van der Waals surface area contributed by atoms with Gasteiger partial charge in [0.05, 0.1) is 20.0 Å². The van der Waals surface area contributed by atoms with Crippen LogP contribution in [0.4, 0.5) is 0 Å². The summed E-state index contributed by atoms with van der Waals surface area (Å²) in [5.41, 5.74) is 0.976. The van der Waals surface area contributed by atoms with Crippen molar-refractivity contribution in [2.45, 2.75) is 12.5 Å². The first-order valence-corrected chi connectivity index (χ1v) is 8.04. The van der Waals surface area contributed by atoms with Crippen molar-refractivity contribution in [3.63, 3.8) is 0 Å². The predicted octanol–water partition coefficient (Wildman–Crippen LogP) is 1.40. The number of sulfone groups is 1. The molecule has 0 aliphatic rings. The number of rotatable bonds is 7. The molecule has 0 aliphatic carbocycles. The van der Waals surface area contributed by atoms with Crippen molar-refractivity contribution in [1.29, 1.82) is 0 Å². The van der Waals surface area contributed by atoms with Crippen LogP contribution in [0.5, 0.6) is 11.5 Å². The van der Waals surface area contributed by atoms with Gasteiger partial charge in [0.2, 0.25) is 0 Å². The highest BCUT2D eigenvalue weighted by Gasteiger charge is 2.15. The maximum Gasteiger partial charge on any atom is 0.161 e. The van der Waals surface area contributed by atoms with Crippen molar-refractivity contribution in [3.8, 4) is 11.5 Å². The van der Waals surface area contributed by atoms with E-state index in [2.05, 4.69) is 5.32 Å². The number of ether oxygens (including phenoxy) is 2. The third-order valence-corrected chi connectivity index (χ3v) is 3.91. The normalized spacial score (nSPS) is 13.1. The molecule has 19 heavy (non-hydrogen) atoms. The Bertz CT molecular complexity index is 513. The minimum absolute atomic E-state index is 0.0328. The summed E-state index contributed by atoms with van der Waals surface area (Å²) in [7, 11) is 2.00. The number of nitrogens with one attached hydrogen (secondary N) is 1. The molecule has 0 spiro atoms. The second kappa shape index (κ2) is 6.77. The average molecular weight is 287 g/mol. The average Bonchev–Trinajstić information content (AvgIpc) is 2.37. The Kier molecular flexibility index (Phi) is 5.62. The quantitative estimate of drug-likeness (QED) is 0.821. The Labute approximate surface area is 114 Å². The van der Waals surface area contributed by atoms with E-state index in [-0.39, 0.29) is 11.8 Å². The molecule has 6 heteroatoms. The van der Waals surface area contributed by atoms with Gasteiger partial charge in [-0.15, -0.1) is 0 Å². The highest BCUT2D eigenvalue weighted by atomic mass is 32.2. The number of hydrogen-bond donors (Lipinski definition) is 1. The third kappa shape index (κ3) is 4.72. The monoisotopic (exact) mass is 287 g/mol. The minimum Gasteiger partial charge on any atom is -0.493 e. The van der Waals surface area contributed by atoms with Crippen LogP contribution >= 0.6 is 0 Å². The first kappa shape index (κ1) is 15.8. The second-order valence-corrected chi connectivity index (χ2v) is 6.63. The van der Waals surface area contributed by atoms with Crippen LogP contribution in [0.3, 0.4) is 0 Å². The summed E-state index contributed by atoms with van der Waals surface area (Å²) in [5, 5.41) is 3.12. The molecule has 1 aromatic carbocycles. The van der Waals surface area contributed by atoms with E-state index >= 15 is 0 Å². The standard InChI is InChI=1S/C13H21NO4S/c1-14-11(7-8-19(4,15)16)10-5-6-12(17-2)13(9-10)18-3/h5-6,9,11,14H,7-8H2,1-4H3. The van der Waals surface area contributed by atoms with Gasteiger partial charge in [-0.3, -0.25) is 0 Å². The summed E-state index contributed by atoms with van der Waals surface area (Å²) in [6.07, 6.45) is 1.76. The lowest BCUT2D eigenvalue weighted by molar-refractivity contribution is 0.354. The van der Waals surface area contributed by atoms with E-state index in [9.17, 15) is 8.42 Å².